The van der Waals surface area contributed by atoms with Crippen LogP contribution in [-0.4, -0.2) is 58.8 Å². The number of carbonyl (C=O) groups excluding carboxylic acids is 2. The van der Waals surface area contributed by atoms with E-state index >= 15 is 0 Å². The van der Waals surface area contributed by atoms with Crippen LogP contribution in [0.2, 0.25) is 0 Å². The number of ether oxygens (including phenoxy) is 6. The predicted octanol–water partition coefficient (Wildman–Crippen LogP) is 18.8. The summed E-state index contributed by atoms with van der Waals surface area (Å²) >= 11 is 2.77. The Morgan fingerprint density at radius 2 is 0.619 bits per heavy atom. The Morgan fingerprint density at radius 1 is 0.345 bits per heavy atom. The minimum absolute atomic E-state index is 0.279. The molecule has 16 heteroatoms. The van der Waals surface area contributed by atoms with Crippen LogP contribution in [-0.2, 0) is 0 Å². The van der Waals surface area contributed by atoms with Crippen molar-refractivity contribution in [2.45, 2.75) is 142 Å². The van der Waals surface area contributed by atoms with Crippen LogP contribution in [0.25, 0.3) is 42.3 Å². The van der Waals surface area contributed by atoms with E-state index in [4.69, 9.17) is 28.4 Å². The molecule has 12 nitrogen and oxygen atoms in total. The van der Waals surface area contributed by atoms with Gasteiger partial charge in [0.15, 0.2) is 0 Å². The quantitative estimate of drug-likeness (QED) is 0.0208. The molecule has 0 spiro atoms. The summed E-state index contributed by atoms with van der Waals surface area (Å²) in [5.74, 6) is 0.946. The predicted molar refractivity (Wildman–Crippen MR) is 330 cm³/mol. The van der Waals surface area contributed by atoms with Crippen molar-refractivity contribution in [3.8, 4) is 76.8 Å². The third-order valence-corrected chi connectivity index (χ3v) is 16.1. The van der Waals surface area contributed by atoms with E-state index in [1.807, 2.05) is 24.3 Å². The number of hydrogen-bond acceptors (Lipinski definition) is 14. The molecule has 0 bridgehead atoms. The highest BCUT2D eigenvalue weighted by molar-refractivity contribution is 7.18. The number of benzene rings is 6. The van der Waals surface area contributed by atoms with Crippen LogP contribution in [0.5, 0.6) is 34.5 Å². The fraction of sp³-hybridized carbons (Fsp3) is 0.382. The third kappa shape index (κ3) is 20.1. The van der Waals surface area contributed by atoms with Gasteiger partial charge in [-0.2, -0.15) is 0 Å². The monoisotopic (exact) mass is 1180 g/mol. The van der Waals surface area contributed by atoms with Gasteiger partial charge in [0, 0.05) is 34.4 Å². The highest BCUT2D eigenvalue weighted by Gasteiger charge is 2.20. The van der Waals surface area contributed by atoms with Crippen LogP contribution >= 0.6 is 22.7 Å². The minimum atomic E-state index is -0.564. The maximum Gasteiger partial charge on any atom is 0.347 e. The van der Waals surface area contributed by atoms with Crippen molar-refractivity contribution in [2.24, 2.45) is 0 Å². The van der Waals surface area contributed by atoms with Crippen LogP contribution in [0.1, 0.15) is 163 Å². The van der Waals surface area contributed by atoms with Gasteiger partial charge < -0.3 is 28.4 Å². The second-order valence-corrected chi connectivity index (χ2v) is 22.7. The molecule has 2 heterocycles. The summed E-state index contributed by atoms with van der Waals surface area (Å²) in [6.07, 6.45) is 22.2. The van der Waals surface area contributed by atoms with Crippen LogP contribution in [0.15, 0.2) is 133 Å². The molecular weight excluding hydrogens is 1100 g/mol. The fourth-order valence-electron chi connectivity index (χ4n) is 9.29. The van der Waals surface area contributed by atoms with E-state index in [0.29, 0.717) is 93.8 Å². The molecule has 0 saturated carbocycles. The van der Waals surface area contributed by atoms with Crippen LogP contribution in [0.3, 0.4) is 0 Å². The topological polar surface area (TPSA) is 141 Å². The summed E-state index contributed by atoms with van der Waals surface area (Å²) in [5, 5.41) is 19.9. The van der Waals surface area contributed by atoms with Gasteiger partial charge in [-0.1, -0.05) is 126 Å². The van der Waals surface area contributed by atoms with Crippen molar-refractivity contribution in [2.75, 3.05) is 26.4 Å². The lowest BCUT2D eigenvalue weighted by molar-refractivity contribution is 0.0719. The van der Waals surface area contributed by atoms with Gasteiger partial charge in [0.25, 0.3) is 0 Å². The van der Waals surface area contributed by atoms with E-state index in [2.05, 4.69) is 34.2 Å². The van der Waals surface area contributed by atoms with E-state index in [1.165, 1.54) is 124 Å². The molecule has 0 unspecified atom stereocenters. The van der Waals surface area contributed by atoms with Crippen molar-refractivity contribution in [3.63, 3.8) is 0 Å². The second kappa shape index (κ2) is 34.3. The number of aromatic nitrogens is 4. The van der Waals surface area contributed by atoms with Crippen LogP contribution in [0.4, 0.5) is 8.78 Å². The van der Waals surface area contributed by atoms with Gasteiger partial charge in [0.1, 0.15) is 77.3 Å². The lowest BCUT2D eigenvalue weighted by Crippen LogP contribution is -2.12. The van der Waals surface area contributed by atoms with E-state index in [-0.39, 0.29) is 22.8 Å². The third-order valence-electron chi connectivity index (χ3n) is 14.1. The maximum absolute atomic E-state index is 13.8. The molecule has 0 atom stereocenters. The standard InChI is InChI=1S/C68H76F2N4O8S2/c1-3-5-7-9-11-13-15-19-43-77-57-39-41-59(67(75)81-55-35-27-51(28-36-55)65-73-71-63(83-65)49-23-31-53(69)32-24-49)61(47-57)79-45-21-17-18-22-46-80-62-48-58(78-44-20-16-14-12-10-8-6-4-2)40-42-60(62)68(76)82-56-37-29-52(30-38-56)66-74-72-64(84-66)50-25-33-54(70)34-26-50/h23-42,47-48H,3-22,43-46H2,1-2H3. The molecule has 0 radical (unpaired) electrons. The first-order chi connectivity index (χ1) is 41.2. The summed E-state index contributed by atoms with van der Waals surface area (Å²) < 4.78 is 63.8. The van der Waals surface area contributed by atoms with Gasteiger partial charge in [-0.15, -0.1) is 20.4 Å². The molecule has 0 saturated heterocycles. The first-order valence-electron chi connectivity index (χ1n) is 29.9. The SMILES string of the molecule is CCCCCCCCCCOc1ccc(C(=O)Oc2ccc(-c3nnc(-c4ccc(F)cc4)s3)cc2)c(OCCCCCCOc2cc(OCCCCCCCCCC)ccc2C(=O)Oc2ccc(-c3nnc(-c4ccc(F)cc4)s3)cc2)c1. The van der Waals surface area contributed by atoms with Gasteiger partial charge >= 0.3 is 11.9 Å². The lowest BCUT2D eigenvalue weighted by atomic mass is 10.1. The molecule has 442 valence electrons. The summed E-state index contributed by atoms with van der Waals surface area (Å²) in [5.41, 5.74) is 3.71. The summed E-state index contributed by atoms with van der Waals surface area (Å²) in [7, 11) is 0. The number of nitrogens with zero attached hydrogens (tertiary/aromatic N) is 4. The number of esters is 2. The highest BCUT2D eigenvalue weighted by Crippen LogP contribution is 2.35. The zero-order valence-electron chi connectivity index (χ0n) is 48.3. The average Bonchev–Trinajstić information content (AvgIpc) is 4.39. The normalized spacial score (nSPS) is 11.1. The Kier molecular flexibility index (Phi) is 25.5. The van der Waals surface area contributed by atoms with Crippen molar-refractivity contribution in [1.82, 2.24) is 20.4 Å². The van der Waals surface area contributed by atoms with Crippen molar-refractivity contribution >= 4 is 34.6 Å². The number of unbranched alkanes of at least 4 members (excludes halogenated alkanes) is 17. The summed E-state index contributed by atoms with van der Waals surface area (Å²) in [6, 6.07) is 36.9. The molecule has 0 N–H and O–H groups in total. The Bertz CT molecular complexity index is 3030. The van der Waals surface area contributed by atoms with Gasteiger partial charge in [-0.05, 0) is 160 Å². The Balaban J connectivity index is 0.844. The van der Waals surface area contributed by atoms with Gasteiger partial charge in [0.05, 0.1) is 26.4 Å². The zero-order valence-corrected chi connectivity index (χ0v) is 49.9. The second-order valence-electron chi connectivity index (χ2n) is 20.7. The van der Waals surface area contributed by atoms with Gasteiger partial charge in [-0.25, -0.2) is 18.4 Å². The number of rotatable bonds is 37. The van der Waals surface area contributed by atoms with Gasteiger partial charge in [-0.3, -0.25) is 0 Å². The van der Waals surface area contributed by atoms with Gasteiger partial charge in [0.2, 0.25) is 0 Å². The molecule has 2 aromatic heterocycles. The number of hydrogen-bond donors (Lipinski definition) is 0. The molecule has 8 aromatic rings. The number of halogens is 2. The Morgan fingerprint density at radius 3 is 0.940 bits per heavy atom. The van der Waals surface area contributed by atoms with Crippen molar-refractivity contribution < 1.29 is 46.8 Å². The zero-order chi connectivity index (χ0) is 58.6. The minimum Gasteiger partial charge on any atom is -0.493 e. The van der Waals surface area contributed by atoms with E-state index in [1.54, 1.807) is 84.9 Å². The van der Waals surface area contributed by atoms with E-state index in [0.717, 1.165) is 60.8 Å². The molecular formula is C68H76F2N4O8S2. The summed E-state index contributed by atoms with van der Waals surface area (Å²) in [6.45, 7) is 6.30. The molecule has 6 aromatic carbocycles. The van der Waals surface area contributed by atoms with E-state index in [9.17, 15) is 18.4 Å². The maximum atomic E-state index is 13.8. The Labute approximate surface area is 500 Å². The summed E-state index contributed by atoms with van der Waals surface area (Å²) in [4.78, 5) is 27.6. The molecule has 0 aliphatic carbocycles. The highest BCUT2D eigenvalue weighted by atomic mass is 32.1. The van der Waals surface area contributed by atoms with Crippen LogP contribution in [0, 0.1) is 11.6 Å². The Hall–Kier alpha value is -7.56. The lowest BCUT2D eigenvalue weighted by Gasteiger charge is -2.15. The first kappa shape index (κ1) is 62.5. The molecule has 0 aliphatic rings. The fourth-order valence-corrected chi connectivity index (χ4v) is 11.0. The molecule has 0 aliphatic heterocycles. The first-order valence-corrected chi connectivity index (χ1v) is 31.5. The largest absolute Gasteiger partial charge is 0.493 e. The smallest absolute Gasteiger partial charge is 0.347 e. The molecule has 0 amide bonds. The van der Waals surface area contributed by atoms with Crippen LogP contribution < -0.4 is 28.4 Å². The molecule has 84 heavy (non-hydrogen) atoms. The van der Waals surface area contributed by atoms with Crippen molar-refractivity contribution in [1.29, 1.82) is 0 Å². The van der Waals surface area contributed by atoms with Crippen molar-refractivity contribution in [3.05, 3.63) is 156 Å². The average molecular weight is 1180 g/mol. The van der Waals surface area contributed by atoms with E-state index < -0.39 is 11.9 Å². The number of carbonyl (C=O) groups is 2. The molecule has 0 fully saturated rings. The molecule has 8 rings (SSSR count).